The fourth-order valence-electron chi connectivity index (χ4n) is 3.00. The molecule has 0 unspecified atom stereocenters. The van der Waals surface area contributed by atoms with Crippen molar-refractivity contribution in [2.45, 2.75) is 20.1 Å². The molecule has 0 aliphatic heterocycles. The maximum Gasteiger partial charge on any atom is 0.278 e. The molecule has 2 aromatic carbocycles. The summed E-state index contributed by atoms with van der Waals surface area (Å²) in [6, 6.07) is 18.5. The van der Waals surface area contributed by atoms with E-state index in [1.54, 1.807) is 25.1 Å². The summed E-state index contributed by atoms with van der Waals surface area (Å²) in [5, 5.41) is 14.1. The van der Waals surface area contributed by atoms with Crippen molar-refractivity contribution >= 4 is 23.7 Å². The van der Waals surface area contributed by atoms with Crippen LogP contribution in [-0.4, -0.2) is 30.8 Å². The fourth-order valence-corrected chi connectivity index (χ4v) is 3.13. The lowest BCUT2D eigenvalue weighted by Crippen LogP contribution is -2.25. The van der Waals surface area contributed by atoms with Crippen molar-refractivity contribution in [2.75, 3.05) is 13.7 Å². The Kier molecular flexibility index (Phi) is 8.97. The van der Waals surface area contributed by atoms with Crippen LogP contribution in [0.4, 0.5) is 0 Å². The van der Waals surface area contributed by atoms with Crippen LogP contribution >= 0.6 is 11.6 Å². The van der Waals surface area contributed by atoms with Crippen molar-refractivity contribution < 1.29 is 19.0 Å². The van der Waals surface area contributed by atoms with Gasteiger partial charge in [-0.1, -0.05) is 35.9 Å². The molecule has 9 heteroatoms. The number of ether oxygens (including phenoxy) is 3. The predicted octanol–water partition coefficient (Wildman–Crippen LogP) is 4.17. The summed E-state index contributed by atoms with van der Waals surface area (Å²) in [6.45, 7) is 2.00. The number of nitriles is 1. The summed E-state index contributed by atoms with van der Waals surface area (Å²) in [7, 11) is 1.53. The monoisotopic (exact) mass is 478 g/mol. The van der Waals surface area contributed by atoms with Gasteiger partial charge in [-0.2, -0.15) is 10.4 Å². The maximum atomic E-state index is 12.2. The molecule has 1 heterocycles. The van der Waals surface area contributed by atoms with Gasteiger partial charge in [0.1, 0.15) is 24.0 Å². The first-order chi connectivity index (χ1) is 16.5. The van der Waals surface area contributed by atoms with Crippen LogP contribution in [0.15, 0.2) is 59.7 Å². The summed E-state index contributed by atoms with van der Waals surface area (Å²) in [6.07, 6.45) is 1.48. The molecule has 0 spiro atoms. The van der Waals surface area contributed by atoms with Crippen molar-refractivity contribution in [3.63, 3.8) is 0 Å². The topological polar surface area (TPSA) is 106 Å². The highest BCUT2D eigenvalue weighted by Crippen LogP contribution is 2.21. The second kappa shape index (κ2) is 12.3. The SMILES string of the molecule is COCc1cc(C)nc(OCC(=O)N/N=C\c2ccccc2OCc2ccc(Cl)cc2)c1C#N. The Balaban J connectivity index is 1.58. The van der Waals surface area contributed by atoms with Gasteiger partial charge in [-0.3, -0.25) is 4.79 Å². The minimum absolute atomic E-state index is 0.0784. The smallest absolute Gasteiger partial charge is 0.278 e. The van der Waals surface area contributed by atoms with Gasteiger partial charge < -0.3 is 14.2 Å². The number of para-hydroxylation sites is 1. The van der Waals surface area contributed by atoms with Crippen molar-refractivity contribution in [2.24, 2.45) is 5.10 Å². The molecule has 3 rings (SSSR count). The Labute approximate surface area is 202 Å². The summed E-state index contributed by atoms with van der Waals surface area (Å²) >= 11 is 5.91. The third-order valence-electron chi connectivity index (χ3n) is 4.57. The molecule has 0 bridgehead atoms. The molecule has 0 atom stereocenters. The number of amides is 1. The molecule has 0 aliphatic rings. The second-order valence-corrected chi connectivity index (χ2v) is 7.62. The largest absolute Gasteiger partial charge is 0.488 e. The van der Waals surface area contributed by atoms with Gasteiger partial charge in [0, 0.05) is 29.0 Å². The maximum absolute atomic E-state index is 12.2. The zero-order valence-electron chi connectivity index (χ0n) is 18.7. The summed E-state index contributed by atoms with van der Waals surface area (Å²) < 4.78 is 16.5. The van der Waals surface area contributed by atoms with E-state index < -0.39 is 5.91 Å². The number of rotatable bonds is 10. The van der Waals surface area contributed by atoms with Crippen molar-refractivity contribution in [1.29, 1.82) is 5.26 Å². The summed E-state index contributed by atoms with van der Waals surface area (Å²) in [5.41, 5.74) is 5.58. The zero-order valence-corrected chi connectivity index (χ0v) is 19.5. The average Bonchev–Trinajstić information content (AvgIpc) is 2.83. The van der Waals surface area contributed by atoms with E-state index in [0.29, 0.717) is 34.2 Å². The average molecular weight is 479 g/mol. The van der Waals surface area contributed by atoms with Crippen LogP contribution in [-0.2, 0) is 22.7 Å². The molecule has 1 amide bonds. The molecular formula is C25H23ClN4O4. The lowest BCUT2D eigenvalue weighted by Gasteiger charge is -2.11. The van der Waals surface area contributed by atoms with Gasteiger partial charge in [-0.25, -0.2) is 10.4 Å². The summed E-state index contributed by atoms with van der Waals surface area (Å²) in [5.74, 6) is 0.186. The van der Waals surface area contributed by atoms with Crippen LogP contribution in [0.5, 0.6) is 11.6 Å². The number of nitrogens with zero attached hydrogens (tertiary/aromatic N) is 3. The molecule has 1 aromatic heterocycles. The molecule has 0 fully saturated rings. The Morgan fingerprint density at radius 1 is 1.18 bits per heavy atom. The molecule has 0 saturated carbocycles. The Morgan fingerprint density at radius 3 is 2.68 bits per heavy atom. The second-order valence-electron chi connectivity index (χ2n) is 7.18. The van der Waals surface area contributed by atoms with Crippen LogP contribution in [0.2, 0.25) is 5.02 Å². The Morgan fingerprint density at radius 2 is 1.94 bits per heavy atom. The van der Waals surface area contributed by atoms with E-state index in [2.05, 4.69) is 15.5 Å². The van der Waals surface area contributed by atoms with E-state index in [-0.39, 0.29) is 24.7 Å². The van der Waals surface area contributed by atoms with Crippen LogP contribution in [0, 0.1) is 18.3 Å². The van der Waals surface area contributed by atoms with E-state index in [4.69, 9.17) is 25.8 Å². The molecule has 3 aromatic rings. The summed E-state index contributed by atoms with van der Waals surface area (Å²) in [4.78, 5) is 16.4. The van der Waals surface area contributed by atoms with Gasteiger partial charge in [0.2, 0.25) is 5.88 Å². The van der Waals surface area contributed by atoms with Crippen molar-refractivity contribution in [3.05, 3.63) is 87.6 Å². The third kappa shape index (κ3) is 7.04. The first kappa shape index (κ1) is 24.7. The van der Waals surface area contributed by atoms with E-state index in [1.807, 2.05) is 42.5 Å². The van der Waals surface area contributed by atoms with Crippen molar-refractivity contribution in [3.8, 4) is 17.7 Å². The van der Waals surface area contributed by atoms with Gasteiger partial charge in [0.15, 0.2) is 6.61 Å². The van der Waals surface area contributed by atoms with Gasteiger partial charge in [0.25, 0.3) is 5.91 Å². The standard InChI is InChI=1S/C25H23ClN4O4/c1-17-11-20(15-32-2)22(12-27)25(29-17)34-16-24(31)30-28-13-19-5-3-4-6-23(19)33-14-18-7-9-21(26)10-8-18/h3-11,13H,14-16H2,1-2H3,(H,30,31)/b28-13-. The van der Waals surface area contributed by atoms with Gasteiger partial charge >= 0.3 is 0 Å². The molecule has 0 radical (unpaired) electrons. The highest BCUT2D eigenvalue weighted by Gasteiger charge is 2.14. The molecule has 0 aliphatic carbocycles. The first-order valence-corrected chi connectivity index (χ1v) is 10.7. The number of hydrogen-bond acceptors (Lipinski definition) is 7. The Hall–Kier alpha value is -3.93. The highest BCUT2D eigenvalue weighted by molar-refractivity contribution is 6.30. The molecule has 34 heavy (non-hydrogen) atoms. The highest BCUT2D eigenvalue weighted by atomic mass is 35.5. The number of nitrogens with one attached hydrogen (secondary N) is 1. The number of hydrogen-bond donors (Lipinski definition) is 1. The molecule has 174 valence electrons. The molecular weight excluding hydrogens is 456 g/mol. The number of pyridine rings is 1. The minimum Gasteiger partial charge on any atom is -0.488 e. The number of carbonyl (C=O) groups is 1. The van der Waals surface area contributed by atoms with Crippen LogP contribution in [0.25, 0.3) is 0 Å². The van der Waals surface area contributed by atoms with Crippen LogP contribution in [0.1, 0.15) is 27.9 Å². The lowest BCUT2D eigenvalue weighted by molar-refractivity contribution is -0.123. The number of aryl methyl sites for hydroxylation is 1. The molecule has 0 saturated heterocycles. The van der Waals surface area contributed by atoms with E-state index >= 15 is 0 Å². The van der Waals surface area contributed by atoms with E-state index in [9.17, 15) is 10.1 Å². The number of benzene rings is 2. The quantitative estimate of drug-likeness (QED) is 0.346. The minimum atomic E-state index is -0.503. The molecule has 1 N–H and O–H groups in total. The van der Waals surface area contributed by atoms with E-state index in [1.165, 1.54) is 13.3 Å². The lowest BCUT2D eigenvalue weighted by atomic mass is 10.1. The number of hydrazone groups is 1. The number of aromatic nitrogens is 1. The zero-order chi connectivity index (χ0) is 24.3. The number of methoxy groups -OCH3 is 1. The van der Waals surface area contributed by atoms with Crippen molar-refractivity contribution in [1.82, 2.24) is 10.4 Å². The number of halogens is 1. The van der Waals surface area contributed by atoms with Gasteiger partial charge in [0.05, 0.1) is 12.8 Å². The van der Waals surface area contributed by atoms with Crippen LogP contribution < -0.4 is 14.9 Å². The fraction of sp³-hybridized carbons (Fsp3) is 0.200. The van der Waals surface area contributed by atoms with Gasteiger partial charge in [-0.15, -0.1) is 0 Å². The normalized spacial score (nSPS) is 10.6. The first-order valence-electron chi connectivity index (χ1n) is 10.3. The Bertz CT molecular complexity index is 1210. The van der Waals surface area contributed by atoms with Gasteiger partial charge in [-0.05, 0) is 42.8 Å². The van der Waals surface area contributed by atoms with Crippen LogP contribution in [0.3, 0.4) is 0 Å². The molecule has 8 nitrogen and oxygen atoms in total. The number of carbonyl (C=O) groups excluding carboxylic acids is 1. The van der Waals surface area contributed by atoms with E-state index in [0.717, 1.165) is 5.56 Å². The third-order valence-corrected chi connectivity index (χ3v) is 4.82. The predicted molar refractivity (Wildman–Crippen MR) is 128 cm³/mol.